The number of halogens is 3. The van der Waals surface area contributed by atoms with Crippen LogP contribution < -0.4 is 11.1 Å². The van der Waals surface area contributed by atoms with Crippen molar-refractivity contribution in [2.24, 2.45) is 5.73 Å². The maximum absolute atomic E-state index is 10.6. The van der Waals surface area contributed by atoms with Gasteiger partial charge in [0.05, 0.1) is 0 Å². The number of nitrogens with one attached hydrogen (secondary N) is 1. The first-order chi connectivity index (χ1) is 8.25. The molecule has 106 valence electrons. The van der Waals surface area contributed by atoms with E-state index >= 15 is 0 Å². The topological polar surface area (TPSA) is 92.4 Å². The van der Waals surface area contributed by atoms with Gasteiger partial charge in [-0.15, -0.1) is 0 Å². The molecule has 0 saturated carbocycles. The number of carbonyl (C=O) groups is 2. The number of carbonyl (C=O) groups excluding carboxylic acids is 1. The molecular weight excluding hydrogens is 253 g/mol. The van der Waals surface area contributed by atoms with Crippen LogP contribution in [0.2, 0.25) is 0 Å². The highest BCUT2D eigenvalue weighted by atomic mass is 19.4. The fourth-order valence-corrected chi connectivity index (χ4v) is 0.730. The molecule has 0 bridgehead atoms. The zero-order valence-electron chi connectivity index (χ0n) is 9.79. The van der Waals surface area contributed by atoms with Crippen LogP contribution in [0.1, 0.15) is 19.3 Å². The molecule has 1 amide bonds. The van der Waals surface area contributed by atoms with Gasteiger partial charge in [0.25, 0.3) is 0 Å². The molecule has 0 aliphatic rings. The molecule has 18 heavy (non-hydrogen) atoms. The Morgan fingerprint density at radius 2 is 1.78 bits per heavy atom. The fourth-order valence-electron chi connectivity index (χ4n) is 0.730. The summed E-state index contributed by atoms with van der Waals surface area (Å²) in [7, 11) is 0. The van der Waals surface area contributed by atoms with Gasteiger partial charge in [-0.3, -0.25) is 4.79 Å². The van der Waals surface area contributed by atoms with E-state index in [0.717, 1.165) is 32.4 Å². The van der Waals surface area contributed by atoms with Gasteiger partial charge in [-0.1, -0.05) is 13.0 Å². The normalized spacial score (nSPS) is 10.0. The van der Waals surface area contributed by atoms with Gasteiger partial charge in [-0.05, 0) is 25.5 Å². The van der Waals surface area contributed by atoms with Crippen LogP contribution in [0, 0.1) is 0 Å². The summed E-state index contributed by atoms with van der Waals surface area (Å²) in [6, 6.07) is 0. The molecule has 0 radical (unpaired) electrons. The Morgan fingerprint density at radius 1 is 1.28 bits per heavy atom. The lowest BCUT2D eigenvalue weighted by Gasteiger charge is -2.00. The molecule has 0 aromatic rings. The van der Waals surface area contributed by atoms with Crippen LogP contribution in [-0.2, 0) is 9.59 Å². The van der Waals surface area contributed by atoms with Crippen LogP contribution in [0.25, 0.3) is 0 Å². The first kappa shape index (κ1) is 18.8. The van der Waals surface area contributed by atoms with Crippen molar-refractivity contribution in [3.05, 3.63) is 12.7 Å². The largest absolute Gasteiger partial charge is 0.490 e. The summed E-state index contributed by atoms with van der Waals surface area (Å²) in [6.07, 6.45) is -0.697. The Balaban J connectivity index is 0. The van der Waals surface area contributed by atoms with Gasteiger partial charge in [0.2, 0.25) is 5.91 Å². The highest BCUT2D eigenvalue weighted by molar-refractivity contribution is 5.86. The van der Waals surface area contributed by atoms with Gasteiger partial charge in [0, 0.05) is 6.54 Å². The number of aliphatic carboxylic acids is 1. The first-order valence-electron chi connectivity index (χ1n) is 5.16. The predicted octanol–water partition coefficient (Wildman–Crippen LogP) is 1.05. The van der Waals surface area contributed by atoms with Crippen molar-refractivity contribution < 1.29 is 27.9 Å². The standard InChI is InChI=1S/C8H16N2O.C2HF3O2/c1-2-8(11)10-7-5-3-4-6-9;3-2(4,5)1(6)7/h2H,1,3-7,9H2,(H,10,11);(H,6,7). The fraction of sp³-hybridized carbons (Fsp3) is 0.600. The van der Waals surface area contributed by atoms with E-state index in [1.54, 1.807) is 0 Å². The minimum atomic E-state index is -5.08. The number of nitrogens with two attached hydrogens (primary N) is 1. The lowest BCUT2D eigenvalue weighted by molar-refractivity contribution is -0.192. The summed E-state index contributed by atoms with van der Waals surface area (Å²) in [6.45, 7) is 4.80. The lowest BCUT2D eigenvalue weighted by atomic mass is 10.2. The molecular formula is C10H17F3N2O3. The zero-order valence-corrected chi connectivity index (χ0v) is 9.79. The molecule has 5 nitrogen and oxygen atoms in total. The Morgan fingerprint density at radius 3 is 2.11 bits per heavy atom. The maximum Gasteiger partial charge on any atom is 0.490 e. The van der Waals surface area contributed by atoms with Gasteiger partial charge < -0.3 is 16.2 Å². The smallest absolute Gasteiger partial charge is 0.475 e. The molecule has 0 rings (SSSR count). The Kier molecular flexibility index (Phi) is 11.0. The van der Waals surface area contributed by atoms with E-state index in [1.165, 1.54) is 6.08 Å². The summed E-state index contributed by atoms with van der Waals surface area (Å²) in [5.74, 6) is -2.86. The van der Waals surface area contributed by atoms with E-state index in [4.69, 9.17) is 15.6 Å². The van der Waals surface area contributed by atoms with Crippen molar-refractivity contribution in [2.45, 2.75) is 25.4 Å². The van der Waals surface area contributed by atoms with E-state index in [0.29, 0.717) is 0 Å². The molecule has 0 spiro atoms. The molecule has 0 atom stereocenters. The molecule has 0 heterocycles. The van der Waals surface area contributed by atoms with Gasteiger partial charge in [0.15, 0.2) is 0 Å². The third-order valence-corrected chi connectivity index (χ3v) is 1.61. The number of amides is 1. The highest BCUT2D eigenvalue weighted by Crippen LogP contribution is 2.13. The van der Waals surface area contributed by atoms with Gasteiger partial charge in [-0.25, -0.2) is 4.79 Å². The van der Waals surface area contributed by atoms with Crippen LogP contribution in [0.15, 0.2) is 12.7 Å². The summed E-state index contributed by atoms with van der Waals surface area (Å²) in [5.41, 5.74) is 5.29. The Hall–Kier alpha value is -1.57. The summed E-state index contributed by atoms with van der Waals surface area (Å²) < 4.78 is 31.7. The van der Waals surface area contributed by atoms with Gasteiger partial charge in [-0.2, -0.15) is 13.2 Å². The van der Waals surface area contributed by atoms with Crippen LogP contribution in [0.5, 0.6) is 0 Å². The van der Waals surface area contributed by atoms with Crippen molar-refractivity contribution in [3.63, 3.8) is 0 Å². The third-order valence-electron chi connectivity index (χ3n) is 1.61. The molecule has 4 N–H and O–H groups in total. The summed E-state index contributed by atoms with van der Waals surface area (Å²) in [4.78, 5) is 19.5. The average Bonchev–Trinajstić information content (AvgIpc) is 2.28. The van der Waals surface area contributed by atoms with Crippen LogP contribution >= 0.6 is 0 Å². The van der Waals surface area contributed by atoms with Crippen LogP contribution in [0.3, 0.4) is 0 Å². The molecule has 0 saturated heterocycles. The van der Waals surface area contributed by atoms with E-state index in [9.17, 15) is 18.0 Å². The molecule has 0 aliphatic heterocycles. The second-order valence-electron chi connectivity index (χ2n) is 3.15. The van der Waals surface area contributed by atoms with Gasteiger partial charge >= 0.3 is 12.1 Å². The monoisotopic (exact) mass is 270 g/mol. The number of carboxylic acids is 1. The van der Waals surface area contributed by atoms with Crippen molar-refractivity contribution in [2.75, 3.05) is 13.1 Å². The average molecular weight is 270 g/mol. The number of rotatable bonds is 6. The third kappa shape index (κ3) is 14.4. The predicted molar refractivity (Wildman–Crippen MR) is 59.8 cm³/mol. The molecule has 8 heteroatoms. The van der Waals surface area contributed by atoms with Crippen LogP contribution in [0.4, 0.5) is 13.2 Å². The van der Waals surface area contributed by atoms with Crippen molar-refractivity contribution in [1.82, 2.24) is 5.32 Å². The number of alkyl halides is 3. The highest BCUT2D eigenvalue weighted by Gasteiger charge is 2.38. The van der Waals surface area contributed by atoms with E-state index in [1.807, 2.05) is 0 Å². The second-order valence-corrected chi connectivity index (χ2v) is 3.15. The van der Waals surface area contributed by atoms with E-state index in [2.05, 4.69) is 11.9 Å². The van der Waals surface area contributed by atoms with Crippen LogP contribution in [-0.4, -0.2) is 36.2 Å². The van der Waals surface area contributed by atoms with E-state index in [-0.39, 0.29) is 5.91 Å². The van der Waals surface area contributed by atoms with Gasteiger partial charge in [0.1, 0.15) is 0 Å². The van der Waals surface area contributed by atoms with Crippen molar-refractivity contribution >= 4 is 11.9 Å². The molecule has 0 aromatic heterocycles. The molecule has 0 fully saturated rings. The number of carboxylic acid groups (broad SMARTS) is 1. The maximum atomic E-state index is 10.6. The zero-order chi connectivity index (χ0) is 14.6. The van der Waals surface area contributed by atoms with E-state index < -0.39 is 12.1 Å². The first-order valence-corrected chi connectivity index (χ1v) is 5.16. The lowest BCUT2D eigenvalue weighted by Crippen LogP contribution is -2.21. The molecule has 0 aromatic carbocycles. The minimum Gasteiger partial charge on any atom is -0.475 e. The SMILES string of the molecule is C=CC(=O)NCCCCCN.O=C(O)C(F)(F)F. The summed E-state index contributed by atoms with van der Waals surface area (Å²) in [5, 5.41) is 9.82. The number of hydrogen-bond donors (Lipinski definition) is 3. The quantitative estimate of drug-likeness (QED) is 0.497. The second kappa shape index (κ2) is 10.6. The Bertz CT molecular complexity index is 268. The summed E-state index contributed by atoms with van der Waals surface area (Å²) >= 11 is 0. The number of hydrogen-bond acceptors (Lipinski definition) is 3. The molecule has 0 unspecified atom stereocenters. The molecule has 0 aliphatic carbocycles. The van der Waals surface area contributed by atoms with Crippen molar-refractivity contribution in [1.29, 1.82) is 0 Å². The Labute approximate surface area is 103 Å². The minimum absolute atomic E-state index is 0.0993. The number of unbranched alkanes of at least 4 members (excludes halogenated alkanes) is 2. The van der Waals surface area contributed by atoms with Crippen molar-refractivity contribution in [3.8, 4) is 0 Å².